The van der Waals surface area contributed by atoms with Crippen LogP contribution in [0.5, 0.6) is 0 Å². The summed E-state index contributed by atoms with van der Waals surface area (Å²) in [5.74, 6) is 0.329. The smallest absolute Gasteiger partial charge is 0.316 e. The number of hydrogen-bond acceptors (Lipinski definition) is 3. The summed E-state index contributed by atoms with van der Waals surface area (Å²) < 4.78 is 0. The van der Waals surface area contributed by atoms with Crippen LogP contribution in [0.2, 0.25) is 0 Å². The monoisotopic (exact) mass is 618 g/mol. The predicted octanol–water partition coefficient (Wildman–Crippen LogP) is 6.69. The van der Waals surface area contributed by atoms with Gasteiger partial charge in [0, 0.05) is 31.9 Å². The van der Waals surface area contributed by atoms with Crippen molar-refractivity contribution >= 4 is 33.1 Å². The van der Waals surface area contributed by atoms with E-state index < -0.39 is 0 Å². The molecule has 0 unspecified atom stereocenters. The van der Waals surface area contributed by atoms with Crippen LogP contribution in [-0.4, -0.2) is 26.5 Å². The van der Waals surface area contributed by atoms with Crippen molar-refractivity contribution < 1.29 is 34.8 Å². The van der Waals surface area contributed by atoms with Gasteiger partial charge in [0.1, 0.15) is 0 Å². The van der Waals surface area contributed by atoms with E-state index in [0.717, 1.165) is 43.9 Å². The Balaban J connectivity index is 0.000000423. The van der Waals surface area contributed by atoms with E-state index in [9.17, 15) is 4.79 Å². The van der Waals surface area contributed by atoms with Gasteiger partial charge < -0.3 is 10.1 Å². The van der Waals surface area contributed by atoms with Gasteiger partial charge in [0.2, 0.25) is 0 Å². The summed E-state index contributed by atoms with van der Waals surface area (Å²) in [6, 6.07) is 19.7. The third kappa shape index (κ3) is 6.44. The number of fused-ring (bicyclic) bond motifs is 3. The molecule has 1 heterocycles. The number of benzene rings is 3. The summed E-state index contributed by atoms with van der Waals surface area (Å²) in [6.07, 6.45) is 3.11. The van der Waals surface area contributed by atoms with Crippen LogP contribution in [0.3, 0.4) is 0 Å². The van der Waals surface area contributed by atoms with Gasteiger partial charge in [-0.3, -0.25) is 9.59 Å². The fourth-order valence-corrected chi connectivity index (χ4v) is 3.74. The molecule has 0 bridgehead atoms. The van der Waals surface area contributed by atoms with Gasteiger partial charge in [0.15, 0.2) is 5.78 Å². The summed E-state index contributed by atoms with van der Waals surface area (Å²) in [7, 11) is 0. The molecule has 0 aliphatic heterocycles. The summed E-state index contributed by atoms with van der Waals surface area (Å²) >= 11 is 0. The molecule has 0 aliphatic rings. The average molecular weight is 618 g/mol. The van der Waals surface area contributed by atoms with Gasteiger partial charge in [-0.25, -0.2) is 0 Å². The van der Waals surface area contributed by atoms with Crippen LogP contribution in [0, 0.1) is 19.9 Å². The molecule has 0 aliphatic carbocycles. The number of rotatable bonds is 3. The second-order valence-corrected chi connectivity index (χ2v) is 7.99. The van der Waals surface area contributed by atoms with Crippen molar-refractivity contribution in [3.63, 3.8) is 0 Å². The number of ketones is 2. The molecule has 0 atom stereocenters. The Morgan fingerprint density at radius 3 is 2.24 bits per heavy atom. The van der Waals surface area contributed by atoms with Crippen LogP contribution in [0.4, 0.5) is 0 Å². The van der Waals surface area contributed by atoms with Crippen LogP contribution in [0.15, 0.2) is 66.6 Å². The van der Waals surface area contributed by atoms with Gasteiger partial charge in [-0.1, -0.05) is 38.1 Å². The van der Waals surface area contributed by atoms with Crippen LogP contribution < -0.4 is 0 Å². The number of nitrogens with zero attached hydrogens (tertiary/aromatic N) is 1. The molecule has 0 amide bonds. The molecule has 3 aromatic carbocycles. The van der Waals surface area contributed by atoms with Gasteiger partial charge in [-0.15, -0.1) is 34.9 Å². The van der Waals surface area contributed by atoms with E-state index in [0.29, 0.717) is 0 Å². The van der Waals surface area contributed by atoms with Gasteiger partial charge in [-0.2, -0.15) is 0 Å². The molecule has 5 heteroatoms. The summed E-state index contributed by atoms with van der Waals surface area (Å²) in [6.45, 7) is 8.74. The summed E-state index contributed by atoms with van der Waals surface area (Å²) in [5, 5.41) is 12.8. The van der Waals surface area contributed by atoms with Gasteiger partial charge in [0.25, 0.3) is 0 Å². The molecule has 4 rings (SSSR count). The molecule has 1 radical (unpaired) electrons. The quantitative estimate of drug-likeness (QED) is 0.0696. The number of aryl methyl sites for hydroxylation is 2. The Bertz CT molecular complexity index is 1350. The third-order valence-electron chi connectivity index (χ3n) is 4.99. The van der Waals surface area contributed by atoms with Gasteiger partial charge in [-0.05, 0) is 53.2 Å². The van der Waals surface area contributed by atoms with Crippen molar-refractivity contribution in [1.29, 1.82) is 0 Å². The first kappa shape index (κ1) is 26.1. The molecule has 4 nitrogen and oxygen atoms in total. The number of hydrogen-bond donors (Lipinski definition) is 1. The topological polar surface area (TPSA) is 71.6 Å². The normalized spacial score (nSPS) is 10.9. The number of carbonyl (C=O) groups excluding carboxylic acids is 2. The number of aromatic nitrogens is 1. The Kier molecular flexibility index (Phi) is 8.81. The maximum atomic E-state index is 11.8. The largest absolute Gasteiger partial charge is 0.512 e. The Hall–Kier alpha value is -3.14. The van der Waals surface area contributed by atoms with Crippen molar-refractivity contribution in [3.05, 3.63) is 89.3 Å². The second-order valence-electron chi connectivity index (χ2n) is 7.99. The fraction of sp³-hybridized carbons (Fsp3) is 0.179. The molecule has 0 spiro atoms. The van der Waals surface area contributed by atoms with Crippen molar-refractivity contribution in [3.8, 4) is 11.3 Å². The molecule has 0 saturated heterocycles. The molecule has 0 saturated carbocycles. The van der Waals surface area contributed by atoms with E-state index in [-0.39, 0.29) is 37.4 Å². The van der Waals surface area contributed by atoms with Crippen molar-refractivity contribution in [2.24, 2.45) is 0 Å². The number of allylic oxidation sites excluding steroid dienone is 2. The number of aliphatic hydroxyl groups is 1. The molecule has 2 N–H and O–H groups in total. The Morgan fingerprint density at radius 2 is 1.67 bits per heavy atom. The zero-order chi connectivity index (χ0) is 23.4. The van der Waals surface area contributed by atoms with E-state index in [1.165, 1.54) is 25.5 Å². The molecule has 4 aromatic rings. The number of Topliss-reactive ketones (excluding diaryl/α,β-unsaturated/α-hetero) is 1. The van der Waals surface area contributed by atoms with Gasteiger partial charge >= 0.3 is 5.78 Å². The summed E-state index contributed by atoms with van der Waals surface area (Å²) in [5.41, 5.74) is 4.97. The molecular weight excluding hydrogens is 591 g/mol. The van der Waals surface area contributed by atoms with E-state index in [1.54, 1.807) is 6.92 Å². The maximum absolute atomic E-state index is 11.8. The fourth-order valence-electron chi connectivity index (χ4n) is 3.74. The first-order chi connectivity index (χ1) is 15.2. The zero-order valence-corrected chi connectivity index (χ0v) is 21.8. The van der Waals surface area contributed by atoms with Gasteiger partial charge in [0.05, 0.1) is 18.8 Å². The van der Waals surface area contributed by atoms with Crippen molar-refractivity contribution in [2.75, 3.05) is 0 Å². The molecule has 1 aromatic heterocycles. The molecular formula is C28H27IrNO3. The minimum absolute atomic E-state index is 0. The molecule has 171 valence electrons. The standard InChI is InChI=1S/C23H18NO.C5H8O2.Ir/c1-14-10-15(2)12-19(11-14)23-21-7-6-17-4-5-18(16(3)25)13-22(17)20(21)8-9-24-23;1-4(6)3-5(2)7;/h4-11,13H,1-3H3;3,6H,1-2H3;/q-1;;/p+1/b;4-3-;. The first-order valence-electron chi connectivity index (χ1n) is 10.4. The maximum Gasteiger partial charge on any atom is 0.316 e. The van der Waals surface area contributed by atoms with Crippen LogP contribution in [-0.2, 0) is 20.1 Å². The van der Waals surface area contributed by atoms with E-state index in [1.807, 2.05) is 30.5 Å². The Morgan fingerprint density at radius 1 is 0.970 bits per heavy atom. The summed E-state index contributed by atoms with van der Waals surface area (Å²) in [4.78, 5) is 24.8. The second kappa shape index (κ2) is 11.1. The van der Waals surface area contributed by atoms with E-state index in [4.69, 9.17) is 9.90 Å². The number of carbonyl (C=O) groups is 1. The number of aliphatic hydroxyl groups excluding tert-OH is 1. The first-order valence-corrected chi connectivity index (χ1v) is 10.4. The predicted molar refractivity (Wildman–Crippen MR) is 132 cm³/mol. The molecule has 0 fully saturated rings. The van der Waals surface area contributed by atoms with E-state index in [2.05, 4.69) is 49.2 Å². The Labute approximate surface area is 207 Å². The van der Waals surface area contributed by atoms with Crippen molar-refractivity contribution in [2.45, 2.75) is 34.6 Å². The average Bonchev–Trinajstić information content (AvgIpc) is 2.71. The third-order valence-corrected chi connectivity index (χ3v) is 4.99. The minimum Gasteiger partial charge on any atom is -0.512 e. The van der Waals surface area contributed by atoms with Crippen LogP contribution in [0.1, 0.15) is 42.3 Å². The van der Waals surface area contributed by atoms with Crippen LogP contribution in [0.25, 0.3) is 32.8 Å². The minimum atomic E-state index is 0. The van der Waals surface area contributed by atoms with Crippen molar-refractivity contribution in [1.82, 2.24) is 4.98 Å². The van der Waals surface area contributed by atoms with E-state index >= 15 is 0 Å². The van der Waals surface area contributed by atoms with Crippen LogP contribution >= 0.6 is 0 Å². The SMILES string of the molecule is CC(=O)c1ccc2ccc3c(-c4[c-]c(C)cc(C)c4)nccc3c2c1.CC(=[OH+])/C=C(/C)O.[Ir]. The molecule has 33 heavy (non-hydrogen) atoms. The zero-order valence-electron chi connectivity index (χ0n) is 19.4. The number of pyridine rings is 1.